The summed E-state index contributed by atoms with van der Waals surface area (Å²) in [5.74, 6) is 0. The van der Waals surface area contributed by atoms with Gasteiger partial charge in [-0.05, 0) is 42.3 Å². The number of hydrogen-bond acceptors (Lipinski definition) is 1. The van der Waals surface area contributed by atoms with Crippen molar-refractivity contribution in [2.45, 2.75) is 18.7 Å². The normalized spacial score (nSPS) is 14.9. The molecule has 0 fully saturated rings. The molecule has 1 nitrogen and oxygen atoms in total. The van der Waals surface area contributed by atoms with Crippen LogP contribution in [0.3, 0.4) is 0 Å². The third kappa shape index (κ3) is 3.04. The first-order valence-corrected chi connectivity index (χ1v) is 6.67. The Morgan fingerprint density at radius 3 is 1.95 bits per heavy atom. The molecule has 0 heterocycles. The van der Waals surface area contributed by atoms with Crippen LogP contribution in [-0.4, -0.2) is 5.11 Å². The van der Waals surface area contributed by atoms with Crippen LogP contribution >= 0.6 is 15.9 Å². The van der Waals surface area contributed by atoms with E-state index in [0.717, 1.165) is 16.6 Å². The van der Waals surface area contributed by atoms with Crippen LogP contribution in [0.25, 0.3) is 0 Å². The molecule has 106 valence electrons. The first-order valence-electron chi connectivity index (χ1n) is 5.87. The molecule has 0 saturated carbocycles. The largest absolute Gasteiger partial charge is 0.416 e. The predicted octanol–water partition coefficient (Wildman–Crippen LogP) is 4.72. The van der Waals surface area contributed by atoms with Crippen LogP contribution < -0.4 is 0 Å². The van der Waals surface area contributed by atoms with Gasteiger partial charge in [0.2, 0.25) is 0 Å². The molecule has 0 aliphatic rings. The molecule has 0 aromatic heterocycles. The summed E-state index contributed by atoms with van der Waals surface area (Å²) in [4.78, 5) is 0. The van der Waals surface area contributed by atoms with Gasteiger partial charge in [0, 0.05) is 4.47 Å². The molecule has 0 spiro atoms. The Labute approximate surface area is 123 Å². The average Bonchev–Trinajstić information content (AvgIpc) is 2.38. The van der Waals surface area contributed by atoms with Crippen molar-refractivity contribution >= 4 is 15.9 Å². The Morgan fingerprint density at radius 2 is 1.45 bits per heavy atom. The summed E-state index contributed by atoms with van der Waals surface area (Å²) in [6, 6.07) is 11.6. The van der Waals surface area contributed by atoms with E-state index in [1.807, 2.05) is 6.07 Å². The molecule has 0 amide bonds. The Bertz CT molecular complexity index is 603. The first kappa shape index (κ1) is 15.1. The topological polar surface area (TPSA) is 20.2 Å². The molecular formula is C15H12BrF3O. The second-order valence-electron chi connectivity index (χ2n) is 4.66. The van der Waals surface area contributed by atoms with Gasteiger partial charge >= 0.3 is 6.18 Å². The molecule has 0 bridgehead atoms. The van der Waals surface area contributed by atoms with Crippen molar-refractivity contribution in [3.8, 4) is 0 Å². The maximum absolute atomic E-state index is 12.5. The molecule has 2 aromatic rings. The Morgan fingerprint density at radius 1 is 0.900 bits per heavy atom. The van der Waals surface area contributed by atoms with Crippen LogP contribution in [0.15, 0.2) is 53.0 Å². The summed E-state index contributed by atoms with van der Waals surface area (Å²) in [5, 5.41) is 10.6. The van der Waals surface area contributed by atoms with E-state index in [2.05, 4.69) is 15.9 Å². The molecule has 2 aromatic carbocycles. The predicted molar refractivity (Wildman–Crippen MR) is 74.3 cm³/mol. The quantitative estimate of drug-likeness (QED) is 0.835. The number of hydrogen-bond donors (Lipinski definition) is 1. The summed E-state index contributed by atoms with van der Waals surface area (Å²) < 4.78 is 38.4. The van der Waals surface area contributed by atoms with Gasteiger partial charge in [-0.3, -0.25) is 0 Å². The lowest BCUT2D eigenvalue weighted by molar-refractivity contribution is -0.137. The number of halogens is 4. The van der Waals surface area contributed by atoms with Crippen LogP contribution in [0.5, 0.6) is 0 Å². The Hall–Kier alpha value is -1.33. The lowest BCUT2D eigenvalue weighted by Crippen LogP contribution is -2.23. The van der Waals surface area contributed by atoms with E-state index in [1.165, 1.54) is 12.1 Å². The summed E-state index contributed by atoms with van der Waals surface area (Å²) in [6.07, 6.45) is -4.37. The van der Waals surface area contributed by atoms with Crippen molar-refractivity contribution in [2.75, 3.05) is 0 Å². The van der Waals surface area contributed by atoms with Crippen molar-refractivity contribution in [3.63, 3.8) is 0 Å². The summed E-state index contributed by atoms with van der Waals surface area (Å²) in [6.45, 7) is 1.55. The molecule has 5 heteroatoms. The van der Waals surface area contributed by atoms with Crippen LogP contribution in [0.4, 0.5) is 13.2 Å². The van der Waals surface area contributed by atoms with Gasteiger partial charge in [-0.25, -0.2) is 0 Å². The van der Waals surface area contributed by atoms with Gasteiger partial charge in [0.25, 0.3) is 0 Å². The zero-order valence-corrected chi connectivity index (χ0v) is 12.2. The highest BCUT2D eigenvalue weighted by molar-refractivity contribution is 9.10. The maximum Gasteiger partial charge on any atom is 0.416 e. The van der Waals surface area contributed by atoms with Crippen LogP contribution in [0, 0.1) is 0 Å². The minimum absolute atomic E-state index is 0.406. The molecule has 1 N–H and O–H groups in total. The van der Waals surface area contributed by atoms with E-state index in [9.17, 15) is 18.3 Å². The minimum atomic E-state index is -4.37. The summed E-state index contributed by atoms with van der Waals surface area (Å²) in [5.41, 5.74) is -1.07. The second kappa shape index (κ2) is 5.22. The van der Waals surface area contributed by atoms with Gasteiger partial charge in [0.1, 0.15) is 5.60 Å². The van der Waals surface area contributed by atoms with Gasteiger partial charge in [-0.1, -0.05) is 40.2 Å². The van der Waals surface area contributed by atoms with E-state index in [0.29, 0.717) is 11.1 Å². The van der Waals surface area contributed by atoms with Crippen LogP contribution in [0.1, 0.15) is 23.6 Å². The molecule has 0 saturated heterocycles. The third-order valence-corrected chi connectivity index (χ3v) is 3.65. The number of rotatable bonds is 2. The number of alkyl halides is 3. The molecule has 1 atom stereocenters. The van der Waals surface area contributed by atoms with E-state index < -0.39 is 17.3 Å². The fraction of sp³-hybridized carbons (Fsp3) is 0.200. The highest BCUT2D eigenvalue weighted by Crippen LogP contribution is 2.34. The Balaban J connectivity index is 2.39. The summed E-state index contributed by atoms with van der Waals surface area (Å²) >= 11 is 3.30. The standard InChI is InChI=1S/C15H12BrF3O/c1-14(20,12-3-2-4-13(16)9-12)10-5-7-11(8-6-10)15(17,18)19/h2-9,20H,1H3. The maximum atomic E-state index is 12.5. The fourth-order valence-corrected chi connectivity index (χ4v) is 2.34. The SMILES string of the molecule is CC(O)(c1ccc(C(F)(F)F)cc1)c1cccc(Br)c1. The molecule has 2 rings (SSSR count). The van der Waals surface area contributed by atoms with Gasteiger partial charge in [0.15, 0.2) is 0 Å². The molecular weight excluding hydrogens is 333 g/mol. The van der Waals surface area contributed by atoms with Gasteiger partial charge in [0.05, 0.1) is 5.56 Å². The second-order valence-corrected chi connectivity index (χ2v) is 5.57. The smallest absolute Gasteiger partial charge is 0.381 e. The van der Waals surface area contributed by atoms with Crippen molar-refractivity contribution in [1.29, 1.82) is 0 Å². The minimum Gasteiger partial charge on any atom is -0.381 e. The van der Waals surface area contributed by atoms with Crippen molar-refractivity contribution in [2.24, 2.45) is 0 Å². The number of aliphatic hydroxyl groups is 1. The zero-order chi connectivity index (χ0) is 15.0. The third-order valence-electron chi connectivity index (χ3n) is 3.16. The van der Waals surface area contributed by atoms with Crippen LogP contribution in [0.2, 0.25) is 0 Å². The van der Waals surface area contributed by atoms with Gasteiger partial charge < -0.3 is 5.11 Å². The molecule has 0 aliphatic heterocycles. The van der Waals surface area contributed by atoms with Gasteiger partial charge in [-0.15, -0.1) is 0 Å². The van der Waals surface area contributed by atoms with Gasteiger partial charge in [-0.2, -0.15) is 13.2 Å². The Kier molecular flexibility index (Phi) is 3.93. The van der Waals surface area contributed by atoms with E-state index in [1.54, 1.807) is 25.1 Å². The van der Waals surface area contributed by atoms with E-state index in [4.69, 9.17) is 0 Å². The lowest BCUT2D eigenvalue weighted by Gasteiger charge is -2.25. The average molecular weight is 345 g/mol. The van der Waals surface area contributed by atoms with Crippen molar-refractivity contribution in [1.82, 2.24) is 0 Å². The molecule has 1 unspecified atom stereocenters. The van der Waals surface area contributed by atoms with E-state index in [-0.39, 0.29) is 0 Å². The van der Waals surface area contributed by atoms with Crippen molar-refractivity contribution in [3.05, 3.63) is 69.7 Å². The molecule has 0 aliphatic carbocycles. The fourth-order valence-electron chi connectivity index (χ4n) is 1.94. The van der Waals surface area contributed by atoms with E-state index >= 15 is 0 Å². The summed E-state index contributed by atoms with van der Waals surface area (Å²) in [7, 11) is 0. The van der Waals surface area contributed by atoms with Crippen LogP contribution in [-0.2, 0) is 11.8 Å². The highest BCUT2D eigenvalue weighted by Gasteiger charge is 2.32. The first-order chi connectivity index (χ1) is 9.21. The zero-order valence-electron chi connectivity index (χ0n) is 10.6. The monoisotopic (exact) mass is 344 g/mol. The highest BCUT2D eigenvalue weighted by atomic mass is 79.9. The lowest BCUT2D eigenvalue weighted by atomic mass is 9.88. The molecule has 0 radical (unpaired) electrons. The molecule has 20 heavy (non-hydrogen) atoms. The van der Waals surface area contributed by atoms with Crippen molar-refractivity contribution < 1.29 is 18.3 Å². The number of benzene rings is 2.